The van der Waals surface area contributed by atoms with Crippen LogP contribution in [0.5, 0.6) is 5.75 Å². The Morgan fingerprint density at radius 3 is 3.16 bits per heavy atom. The Hall–Kier alpha value is -1.17. The third-order valence-electron chi connectivity index (χ3n) is 3.82. The summed E-state index contributed by atoms with van der Waals surface area (Å²) in [6, 6.07) is 4.98. The van der Waals surface area contributed by atoms with Gasteiger partial charge < -0.3 is 15.2 Å². The molecule has 1 fully saturated rings. The monoisotopic (exact) mass is 266 g/mol. The molecule has 4 nitrogen and oxygen atoms in total. The number of fused-ring (bicyclic) bond motifs is 1. The fraction of sp³-hybridized carbons (Fsp3) is 0.571. The smallest absolute Gasteiger partial charge is 0.123 e. The van der Waals surface area contributed by atoms with Crippen molar-refractivity contribution in [1.29, 1.82) is 0 Å². The van der Waals surface area contributed by atoms with E-state index in [0.29, 0.717) is 13.2 Å². The molecule has 0 aliphatic carbocycles. The predicted molar refractivity (Wildman–Crippen MR) is 69.8 cm³/mol. The summed E-state index contributed by atoms with van der Waals surface area (Å²) in [6.07, 6.45) is 0.853. The maximum atomic E-state index is 13.2. The van der Waals surface area contributed by atoms with Gasteiger partial charge in [0, 0.05) is 37.7 Å². The van der Waals surface area contributed by atoms with Crippen molar-refractivity contribution in [3.8, 4) is 5.75 Å². The lowest BCUT2D eigenvalue weighted by molar-refractivity contribution is -0.0172. The van der Waals surface area contributed by atoms with Crippen LogP contribution in [0.3, 0.4) is 0 Å². The Morgan fingerprint density at radius 2 is 2.32 bits per heavy atom. The first-order valence-corrected chi connectivity index (χ1v) is 6.73. The van der Waals surface area contributed by atoms with E-state index in [1.165, 1.54) is 6.07 Å². The van der Waals surface area contributed by atoms with Crippen LogP contribution < -0.4 is 10.5 Å². The van der Waals surface area contributed by atoms with E-state index in [9.17, 15) is 4.39 Å². The quantitative estimate of drug-likeness (QED) is 0.878. The number of halogens is 1. The lowest BCUT2D eigenvalue weighted by atomic mass is 10.1. The molecule has 2 atom stereocenters. The van der Waals surface area contributed by atoms with Crippen molar-refractivity contribution in [2.45, 2.75) is 18.6 Å². The van der Waals surface area contributed by atoms with Gasteiger partial charge in [0.1, 0.15) is 17.7 Å². The molecule has 0 spiro atoms. The molecule has 1 saturated heterocycles. The summed E-state index contributed by atoms with van der Waals surface area (Å²) in [7, 11) is 0. The van der Waals surface area contributed by atoms with E-state index in [1.54, 1.807) is 12.1 Å². The van der Waals surface area contributed by atoms with Crippen LogP contribution in [0, 0.1) is 5.82 Å². The number of hydrogen-bond donors (Lipinski definition) is 1. The van der Waals surface area contributed by atoms with Crippen LogP contribution in [0.1, 0.15) is 5.56 Å². The van der Waals surface area contributed by atoms with Gasteiger partial charge in [0.15, 0.2) is 0 Å². The Morgan fingerprint density at radius 1 is 1.42 bits per heavy atom. The zero-order valence-electron chi connectivity index (χ0n) is 10.8. The predicted octanol–water partition coefficient (Wildman–Crippen LogP) is 0.789. The average Bonchev–Trinajstić information content (AvgIpc) is 2.80. The van der Waals surface area contributed by atoms with Gasteiger partial charge in [-0.25, -0.2) is 4.39 Å². The number of morpholine rings is 1. The molecule has 2 N–H and O–H groups in total. The van der Waals surface area contributed by atoms with Crippen LogP contribution >= 0.6 is 0 Å². The van der Waals surface area contributed by atoms with Crippen molar-refractivity contribution in [1.82, 2.24) is 4.90 Å². The highest BCUT2D eigenvalue weighted by molar-refractivity contribution is 5.37. The molecule has 104 valence electrons. The molecule has 2 aliphatic rings. The zero-order chi connectivity index (χ0) is 13.2. The molecule has 0 saturated carbocycles. The van der Waals surface area contributed by atoms with Gasteiger partial charge in [-0.15, -0.1) is 0 Å². The second-order valence-electron chi connectivity index (χ2n) is 5.16. The van der Waals surface area contributed by atoms with E-state index in [-0.39, 0.29) is 18.0 Å². The minimum absolute atomic E-state index is 0.0870. The van der Waals surface area contributed by atoms with Gasteiger partial charge in [0.2, 0.25) is 0 Å². The molecule has 2 unspecified atom stereocenters. The summed E-state index contributed by atoms with van der Waals surface area (Å²) in [5.74, 6) is 0.609. The van der Waals surface area contributed by atoms with Crippen LogP contribution in [-0.4, -0.2) is 49.9 Å². The third-order valence-corrected chi connectivity index (χ3v) is 3.82. The van der Waals surface area contributed by atoms with E-state index in [1.807, 2.05) is 0 Å². The first kappa shape index (κ1) is 12.8. The third kappa shape index (κ3) is 2.73. The van der Waals surface area contributed by atoms with Gasteiger partial charge in [0.25, 0.3) is 0 Å². The van der Waals surface area contributed by atoms with E-state index < -0.39 is 0 Å². The van der Waals surface area contributed by atoms with Crippen LogP contribution in [0.2, 0.25) is 0 Å². The molecular weight excluding hydrogens is 247 g/mol. The second kappa shape index (κ2) is 5.45. The SMILES string of the molecule is NCC1COCCN1CC1Cc2cc(F)ccc2O1. The molecule has 19 heavy (non-hydrogen) atoms. The van der Waals surface area contributed by atoms with E-state index >= 15 is 0 Å². The van der Waals surface area contributed by atoms with Gasteiger partial charge in [0.05, 0.1) is 13.2 Å². The lowest BCUT2D eigenvalue weighted by Crippen LogP contribution is -2.52. The molecule has 0 radical (unpaired) electrons. The van der Waals surface area contributed by atoms with Gasteiger partial charge in [-0.1, -0.05) is 0 Å². The maximum Gasteiger partial charge on any atom is 0.123 e. The van der Waals surface area contributed by atoms with Crippen LogP contribution in [0.25, 0.3) is 0 Å². The summed E-state index contributed by atoms with van der Waals surface area (Å²) >= 11 is 0. The van der Waals surface area contributed by atoms with Crippen molar-refractivity contribution in [2.75, 3.05) is 32.8 Å². The topological polar surface area (TPSA) is 47.7 Å². The summed E-state index contributed by atoms with van der Waals surface area (Å²) in [5, 5.41) is 0. The highest BCUT2D eigenvalue weighted by atomic mass is 19.1. The Bertz CT molecular complexity index is 455. The lowest BCUT2D eigenvalue weighted by Gasteiger charge is -2.36. The Labute approximate surface area is 112 Å². The van der Waals surface area contributed by atoms with E-state index in [4.69, 9.17) is 15.2 Å². The standard InChI is InChI=1S/C14H19FN2O2/c15-11-1-2-14-10(5-11)6-13(19-14)8-17-3-4-18-9-12(17)7-16/h1-2,5,12-13H,3-4,6-9,16H2. The van der Waals surface area contributed by atoms with Gasteiger partial charge in [-0.05, 0) is 18.2 Å². The number of hydrogen-bond acceptors (Lipinski definition) is 4. The molecule has 0 bridgehead atoms. The van der Waals surface area contributed by atoms with Gasteiger partial charge in [-0.3, -0.25) is 4.90 Å². The largest absolute Gasteiger partial charge is 0.488 e. The van der Waals surface area contributed by atoms with Crippen LogP contribution in [0.4, 0.5) is 4.39 Å². The first-order valence-electron chi connectivity index (χ1n) is 6.73. The molecule has 3 rings (SSSR count). The number of nitrogens with two attached hydrogens (primary N) is 1. The number of nitrogens with zero attached hydrogens (tertiary/aromatic N) is 1. The van der Waals surface area contributed by atoms with E-state index in [2.05, 4.69) is 4.90 Å². The molecule has 5 heteroatoms. The maximum absolute atomic E-state index is 13.2. The number of rotatable bonds is 3. The van der Waals surface area contributed by atoms with Crippen molar-refractivity contribution >= 4 is 0 Å². The summed E-state index contributed by atoms with van der Waals surface area (Å²) in [6.45, 7) is 3.72. The van der Waals surface area contributed by atoms with Crippen molar-refractivity contribution in [3.05, 3.63) is 29.6 Å². The molecule has 1 aromatic carbocycles. The number of benzene rings is 1. The van der Waals surface area contributed by atoms with E-state index in [0.717, 1.165) is 37.4 Å². The molecule has 2 aliphatic heterocycles. The minimum atomic E-state index is -0.200. The summed E-state index contributed by atoms with van der Waals surface area (Å²) in [4.78, 5) is 2.32. The first-order chi connectivity index (χ1) is 9.26. The van der Waals surface area contributed by atoms with Gasteiger partial charge in [-0.2, -0.15) is 0 Å². The summed E-state index contributed by atoms with van der Waals surface area (Å²) < 4.78 is 24.5. The zero-order valence-corrected chi connectivity index (χ0v) is 10.8. The Balaban J connectivity index is 1.63. The van der Waals surface area contributed by atoms with Crippen molar-refractivity contribution in [3.63, 3.8) is 0 Å². The summed E-state index contributed by atoms with van der Waals surface area (Å²) in [5.41, 5.74) is 6.72. The normalized spacial score (nSPS) is 27.1. The highest BCUT2D eigenvalue weighted by Crippen LogP contribution is 2.29. The fourth-order valence-electron chi connectivity index (χ4n) is 2.80. The molecule has 0 amide bonds. The van der Waals surface area contributed by atoms with Crippen LogP contribution in [0.15, 0.2) is 18.2 Å². The molecular formula is C14H19FN2O2. The molecule has 2 heterocycles. The number of ether oxygens (including phenoxy) is 2. The average molecular weight is 266 g/mol. The minimum Gasteiger partial charge on any atom is -0.488 e. The highest BCUT2D eigenvalue weighted by Gasteiger charge is 2.29. The molecule has 1 aromatic rings. The van der Waals surface area contributed by atoms with Crippen LogP contribution in [-0.2, 0) is 11.2 Å². The van der Waals surface area contributed by atoms with Crippen molar-refractivity contribution < 1.29 is 13.9 Å². The Kier molecular flexibility index (Phi) is 3.68. The fourth-order valence-corrected chi connectivity index (χ4v) is 2.80. The van der Waals surface area contributed by atoms with Gasteiger partial charge >= 0.3 is 0 Å². The second-order valence-corrected chi connectivity index (χ2v) is 5.16. The van der Waals surface area contributed by atoms with Crippen molar-refractivity contribution in [2.24, 2.45) is 5.73 Å². The molecule has 0 aromatic heterocycles.